The average molecular weight is 223 g/mol. The maximum Gasteiger partial charge on any atom is 0.320 e. The molecule has 1 unspecified atom stereocenters. The quantitative estimate of drug-likeness (QED) is 0.721. The zero-order valence-electron chi connectivity index (χ0n) is 9.47. The molecule has 1 atom stereocenters. The van der Waals surface area contributed by atoms with Gasteiger partial charge < -0.3 is 15.9 Å². The molecule has 4 nitrogen and oxygen atoms in total. The summed E-state index contributed by atoms with van der Waals surface area (Å²) < 4.78 is 0. The van der Waals surface area contributed by atoms with Crippen molar-refractivity contribution in [3.63, 3.8) is 0 Å². The second-order valence-electron chi connectivity index (χ2n) is 4.19. The van der Waals surface area contributed by atoms with Gasteiger partial charge in [0.15, 0.2) is 0 Å². The average Bonchev–Trinajstić information content (AvgIpc) is 2.20. The number of carboxylic acids is 1. The Morgan fingerprint density at radius 1 is 1.44 bits per heavy atom. The first-order valence-corrected chi connectivity index (χ1v) is 5.22. The van der Waals surface area contributed by atoms with E-state index in [0.29, 0.717) is 0 Å². The first kappa shape index (κ1) is 12.5. The van der Waals surface area contributed by atoms with Crippen LogP contribution in [0, 0.1) is 0 Å². The van der Waals surface area contributed by atoms with Gasteiger partial charge in [-0.2, -0.15) is 0 Å². The number of phenols is 1. The molecule has 88 valence electrons. The number of carboxylic acid groups (broad SMARTS) is 1. The molecule has 0 aliphatic carbocycles. The number of benzene rings is 1. The SMILES string of the molecule is CC(C)c1cc(O)ccc1CC(N)C(=O)O. The molecule has 4 N–H and O–H groups in total. The van der Waals surface area contributed by atoms with E-state index in [1.54, 1.807) is 18.2 Å². The predicted octanol–water partition coefficient (Wildman–Crippen LogP) is 1.47. The summed E-state index contributed by atoms with van der Waals surface area (Å²) in [6.45, 7) is 3.98. The monoisotopic (exact) mass is 223 g/mol. The van der Waals surface area contributed by atoms with Crippen molar-refractivity contribution in [3.8, 4) is 5.75 Å². The van der Waals surface area contributed by atoms with Gasteiger partial charge in [-0.25, -0.2) is 0 Å². The van der Waals surface area contributed by atoms with E-state index in [1.165, 1.54) is 0 Å². The minimum Gasteiger partial charge on any atom is -0.508 e. The van der Waals surface area contributed by atoms with Crippen LogP contribution in [0.1, 0.15) is 30.9 Å². The van der Waals surface area contributed by atoms with Crippen LogP contribution in [0.2, 0.25) is 0 Å². The zero-order chi connectivity index (χ0) is 12.3. The molecule has 0 aliphatic rings. The molecule has 0 spiro atoms. The Bertz CT molecular complexity index is 388. The van der Waals surface area contributed by atoms with Crippen molar-refractivity contribution < 1.29 is 15.0 Å². The Morgan fingerprint density at radius 2 is 2.06 bits per heavy atom. The number of aliphatic carboxylic acids is 1. The number of phenolic OH excluding ortho intramolecular Hbond substituents is 1. The summed E-state index contributed by atoms with van der Waals surface area (Å²) in [7, 11) is 0. The Hall–Kier alpha value is -1.55. The third-order valence-corrected chi connectivity index (χ3v) is 2.51. The van der Waals surface area contributed by atoms with Crippen LogP contribution in [0.15, 0.2) is 18.2 Å². The molecule has 16 heavy (non-hydrogen) atoms. The van der Waals surface area contributed by atoms with Crippen LogP contribution in [0.3, 0.4) is 0 Å². The third kappa shape index (κ3) is 2.97. The van der Waals surface area contributed by atoms with Crippen LogP contribution in [-0.4, -0.2) is 22.2 Å². The first-order valence-electron chi connectivity index (χ1n) is 5.22. The fourth-order valence-corrected chi connectivity index (χ4v) is 1.63. The van der Waals surface area contributed by atoms with Crippen molar-refractivity contribution in [2.75, 3.05) is 0 Å². The molecule has 0 bridgehead atoms. The zero-order valence-corrected chi connectivity index (χ0v) is 9.47. The van der Waals surface area contributed by atoms with Gasteiger partial charge >= 0.3 is 5.97 Å². The van der Waals surface area contributed by atoms with E-state index in [0.717, 1.165) is 11.1 Å². The highest BCUT2D eigenvalue weighted by Gasteiger charge is 2.15. The van der Waals surface area contributed by atoms with Crippen LogP contribution < -0.4 is 5.73 Å². The summed E-state index contributed by atoms with van der Waals surface area (Å²) >= 11 is 0. The molecule has 0 aromatic heterocycles. The van der Waals surface area contributed by atoms with Gasteiger partial charge in [-0.1, -0.05) is 19.9 Å². The standard InChI is InChI=1S/C12H17NO3/c1-7(2)10-6-9(14)4-3-8(10)5-11(13)12(15)16/h3-4,6-7,11,14H,5,13H2,1-2H3,(H,15,16). The summed E-state index contributed by atoms with van der Waals surface area (Å²) in [5.41, 5.74) is 7.31. The van der Waals surface area contributed by atoms with E-state index in [1.807, 2.05) is 13.8 Å². The Labute approximate surface area is 94.7 Å². The number of nitrogens with two attached hydrogens (primary N) is 1. The lowest BCUT2D eigenvalue weighted by atomic mass is 9.93. The van der Waals surface area contributed by atoms with Crippen molar-refractivity contribution in [2.24, 2.45) is 5.73 Å². The predicted molar refractivity (Wildman–Crippen MR) is 61.5 cm³/mol. The van der Waals surface area contributed by atoms with Crippen molar-refractivity contribution in [3.05, 3.63) is 29.3 Å². The molecule has 0 heterocycles. The molecular weight excluding hydrogens is 206 g/mol. The lowest BCUT2D eigenvalue weighted by Gasteiger charge is -2.15. The molecule has 4 heteroatoms. The highest BCUT2D eigenvalue weighted by Crippen LogP contribution is 2.24. The van der Waals surface area contributed by atoms with Gasteiger partial charge in [0, 0.05) is 0 Å². The van der Waals surface area contributed by atoms with Gasteiger partial charge in [0.2, 0.25) is 0 Å². The lowest BCUT2D eigenvalue weighted by Crippen LogP contribution is -2.32. The highest BCUT2D eigenvalue weighted by molar-refractivity contribution is 5.73. The van der Waals surface area contributed by atoms with Crippen LogP contribution in [-0.2, 0) is 11.2 Å². The second kappa shape index (κ2) is 4.99. The van der Waals surface area contributed by atoms with E-state index in [2.05, 4.69) is 0 Å². The highest BCUT2D eigenvalue weighted by atomic mass is 16.4. The minimum absolute atomic E-state index is 0.191. The molecule has 0 amide bonds. The maximum atomic E-state index is 10.7. The smallest absolute Gasteiger partial charge is 0.320 e. The Morgan fingerprint density at radius 3 is 2.56 bits per heavy atom. The largest absolute Gasteiger partial charge is 0.508 e. The van der Waals surface area contributed by atoms with Crippen LogP contribution in [0.4, 0.5) is 0 Å². The van der Waals surface area contributed by atoms with Crippen LogP contribution >= 0.6 is 0 Å². The number of carbonyl (C=O) groups is 1. The van der Waals surface area contributed by atoms with E-state index in [9.17, 15) is 9.90 Å². The molecule has 1 rings (SSSR count). The van der Waals surface area contributed by atoms with Crippen molar-refractivity contribution in [1.82, 2.24) is 0 Å². The molecule has 0 aliphatic heterocycles. The molecule has 1 aromatic rings. The molecule has 1 aromatic carbocycles. The van der Waals surface area contributed by atoms with Gasteiger partial charge in [0.1, 0.15) is 11.8 Å². The van der Waals surface area contributed by atoms with Crippen molar-refractivity contribution >= 4 is 5.97 Å². The van der Waals surface area contributed by atoms with Gasteiger partial charge in [-0.05, 0) is 35.6 Å². The van der Waals surface area contributed by atoms with E-state index < -0.39 is 12.0 Å². The minimum atomic E-state index is -1.01. The van der Waals surface area contributed by atoms with Gasteiger partial charge in [0.25, 0.3) is 0 Å². The maximum absolute atomic E-state index is 10.7. The first-order chi connectivity index (χ1) is 7.41. The molecule has 0 saturated heterocycles. The van der Waals surface area contributed by atoms with Crippen molar-refractivity contribution in [2.45, 2.75) is 32.2 Å². The summed E-state index contributed by atoms with van der Waals surface area (Å²) in [6.07, 6.45) is 0.281. The number of hydrogen-bond acceptors (Lipinski definition) is 3. The van der Waals surface area contributed by atoms with Gasteiger partial charge in [-0.3, -0.25) is 4.79 Å². The second-order valence-corrected chi connectivity index (χ2v) is 4.19. The van der Waals surface area contributed by atoms with Crippen molar-refractivity contribution in [1.29, 1.82) is 0 Å². The molecule has 0 saturated carbocycles. The van der Waals surface area contributed by atoms with E-state index in [-0.39, 0.29) is 18.1 Å². The number of aromatic hydroxyl groups is 1. The Kier molecular flexibility index (Phi) is 3.90. The van der Waals surface area contributed by atoms with Gasteiger partial charge in [-0.15, -0.1) is 0 Å². The third-order valence-electron chi connectivity index (χ3n) is 2.51. The van der Waals surface area contributed by atoms with Gasteiger partial charge in [0.05, 0.1) is 0 Å². The van der Waals surface area contributed by atoms with Crippen LogP contribution in [0.5, 0.6) is 5.75 Å². The summed E-state index contributed by atoms with van der Waals surface area (Å²) in [4.78, 5) is 10.7. The normalized spacial score (nSPS) is 12.8. The van der Waals surface area contributed by atoms with E-state index in [4.69, 9.17) is 10.8 Å². The Balaban J connectivity index is 2.99. The van der Waals surface area contributed by atoms with E-state index >= 15 is 0 Å². The summed E-state index contributed by atoms with van der Waals surface area (Å²) in [5, 5.41) is 18.1. The number of hydrogen-bond donors (Lipinski definition) is 3. The molecule has 0 fully saturated rings. The molecule has 0 radical (unpaired) electrons. The molecular formula is C12H17NO3. The lowest BCUT2D eigenvalue weighted by molar-refractivity contribution is -0.138. The topological polar surface area (TPSA) is 83.5 Å². The van der Waals surface area contributed by atoms with Crippen LogP contribution in [0.25, 0.3) is 0 Å². The fourth-order valence-electron chi connectivity index (χ4n) is 1.63. The fraction of sp³-hybridized carbons (Fsp3) is 0.417. The summed E-state index contributed by atoms with van der Waals surface area (Å²) in [6, 6.07) is 4.04. The number of rotatable bonds is 4. The summed E-state index contributed by atoms with van der Waals surface area (Å²) in [5.74, 6) is -0.595.